The lowest BCUT2D eigenvalue weighted by Gasteiger charge is -2.23. The minimum absolute atomic E-state index is 0.265. The van der Waals surface area contributed by atoms with Gasteiger partial charge in [-0.15, -0.1) is 0 Å². The van der Waals surface area contributed by atoms with E-state index in [-0.39, 0.29) is 17.7 Å². The molecule has 7 nitrogen and oxygen atoms in total. The van der Waals surface area contributed by atoms with Gasteiger partial charge in [0.25, 0.3) is 0 Å². The van der Waals surface area contributed by atoms with E-state index in [0.717, 1.165) is 14.7 Å². The van der Waals surface area contributed by atoms with Crippen molar-refractivity contribution in [2.75, 3.05) is 0 Å². The highest BCUT2D eigenvalue weighted by atomic mass is 127. The lowest BCUT2D eigenvalue weighted by Crippen LogP contribution is -2.55. The van der Waals surface area contributed by atoms with Crippen LogP contribution in [0.25, 0.3) is 0 Å². The van der Waals surface area contributed by atoms with Crippen molar-refractivity contribution in [3.05, 3.63) is 69.3 Å². The highest BCUT2D eigenvalue weighted by Gasteiger charge is 2.26. The van der Waals surface area contributed by atoms with Crippen LogP contribution in [0.15, 0.2) is 54.6 Å². The van der Waals surface area contributed by atoms with Crippen molar-refractivity contribution < 1.29 is 14.4 Å². The molecular weight excluding hydrogens is 531 g/mol. The number of halogens is 1. The summed E-state index contributed by atoms with van der Waals surface area (Å²) in [5, 5.41) is 8.36. The lowest BCUT2D eigenvalue weighted by atomic mass is 10.0. The average molecular weight is 564 g/mol. The van der Waals surface area contributed by atoms with Crippen LogP contribution < -0.4 is 21.7 Å². The summed E-state index contributed by atoms with van der Waals surface area (Å²) < 4.78 is 1.05. The van der Waals surface area contributed by atoms with E-state index >= 15 is 0 Å². The number of hydrogen-bond donors (Lipinski definition) is 4. The van der Waals surface area contributed by atoms with E-state index in [9.17, 15) is 14.4 Å². The van der Waals surface area contributed by atoms with Gasteiger partial charge in [0.15, 0.2) is 0 Å². The Morgan fingerprint density at radius 3 is 2.15 bits per heavy atom. The monoisotopic (exact) mass is 564 g/mol. The van der Waals surface area contributed by atoms with Crippen LogP contribution in [0, 0.1) is 9.49 Å². The van der Waals surface area contributed by atoms with E-state index in [1.54, 1.807) is 6.92 Å². The van der Waals surface area contributed by atoms with Gasteiger partial charge in [-0.2, -0.15) is 0 Å². The molecule has 0 fully saturated rings. The highest BCUT2D eigenvalue weighted by molar-refractivity contribution is 14.1. The fraction of sp³-hybridized carbons (Fsp3) is 0.400. The first-order chi connectivity index (χ1) is 15.7. The first kappa shape index (κ1) is 26.8. The van der Waals surface area contributed by atoms with Crippen molar-refractivity contribution in [2.24, 2.45) is 11.7 Å². The summed E-state index contributed by atoms with van der Waals surface area (Å²) >= 11 is 2.22. The minimum Gasteiger partial charge on any atom is -0.350 e. The average Bonchev–Trinajstić information content (AvgIpc) is 2.78. The van der Waals surface area contributed by atoms with Crippen molar-refractivity contribution >= 4 is 40.3 Å². The summed E-state index contributed by atoms with van der Waals surface area (Å²) in [7, 11) is 0. The van der Waals surface area contributed by atoms with E-state index < -0.39 is 24.0 Å². The predicted molar refractivity (Wildman–Crippen MR) is 138 cm³/mol. The lowest BCUT2D eigenvalue weighted by molar-refractivity contribution is -0.132. The topological polar surface area (TPSA) is 113 Å². The molecule has 2 aromatic carbocycles. The quantitative estimate of drug-likeness (QED) is 0.314. The Hall–Kier alpha value is -2.46. The van der Waals surface area contributed by atoms with E-state index in [1.165, 1.54) is 0 Å². The molecule has 8 heteroatoms. The van der Waals surface area contributed by atoms with Gasteiger partial charge in [-0.25, -0.2) is 0 Å². The second kappa shape index (κ2) is 13.3. The van der Waals surface area contributed by atoms with Crippen molar-refractivity contribution in [3.8, 4) is 0 Å². The Morgan fingerprint density at radius 2 is 1.52 bits per heavy atom. The standard InChI is InChI=1S/C25H33IN4O3/c1-16(2)13-21(27)24(32)29-17(3)23(31)30-22(14-18-9-5-4-6-10-18)25(33)28-15-19-11-7-8-12-20(19)26/h4-12,16-17,21-22H,13-15,27H2,1-3H3,(H,28,33)(H,29,32)(H,30,31)/t17-,21-,22+/m1/s1. The molecule has 33 heavy (non-hydrogen) atoms. The molecule has 0 unspecified atom stereocenters. The van der Waals surface area contributed by atoms with Crippen LogP contribution in [0.5, 0.6) is 0 Å². The third-order valence-electron chi connectivity index (χ3n) is 5.14. The van der Waals surface area contributed by atoms with Gasteiger partial charge in [-0.3, -0.25) is 14.4 Å². The van der Waals surface area contributed by atoms with Gasteiger partial charge in [-0.1, -0.05) is 62.4 Å². The SMILES string of the molecule is CC(C)C[C@@H](N)C(=O)N[C@H](C)C(=O)N[C@@H](Cc1ccccc1)C(=O)NCc1ccccc1I. The molecule has 2 aromatic rings. The zero-order valence-electron chi connectivity index (χ0n) is 19.3. The fourth-order valence-corrected chi connectivity index (χ4v) is 3.88. The summed E-state index contributed by atoms with van der Waals surface area (Å²) in [5.74, 6) is -0.845. The third kappa shape index (κ3) is 9.13. The summed E-state index contributed by atoms with van der Waals surface area (Å²) in [5.41, 5.74) is 7.83. The molecule has 0 aliphatic rings. The molecule has 0 aromatic heterocycles. The van der Waals surface area contributed by atoms with Crippen LogP contribution in [0.4, 0.5) is 0 Å². The molecular formula is C25H33IN4O3. The molecule has 0 aliphatic carbocycles. The number of nitrogens with one attached hydrogen (secondary N) is 3. The van der Waals surface area contributed by atoms with Crippen LogP contribution in [-0.2, 0) is 27.3 Å². The number of benzene rings is 2. The van der Waals surface area contributed by atoms with Gasteiger partial charge in [0, 0.05) is 16.5 Å². The second-order valence-electron chi connectivity index (χ2n) is 8.53. The smallest absolute Gasteiger partial charge is 0.243 e. The van der Waals surface area contributed by atoms with Gasteiger partial charge in [0.1, 0.15) is 12.1 Å². The van der Waals surface area contributed by atoms with Crippen molar-refractivity contribution in [2.45, 2.75) is 58.3 Å². The van der Waals surface area contributed by atoms with Crippen LogP contribution in [0.1, 0.15) is 38.3 Å². The molecule has 3 atom stereocenters. The number of nitrogens with two attached hydrogens (primary N) is 1. The molecule has 5 N–H and O–H groups in total. The molecule has 0 radical (unpaired) electrons. The summed E-state index contributed by atoms with van der Waals surface area (Å²) in [4.78, 5) is 38.1. The first-order valence-electron chi connectivity index (χ1n) is 11.1. The Bertz CT molecular complexity index is 936. The van der Waals surface area contributed by atoms with Crippen LogP contribution >= 0.6 is 22.6 Å². The molecule has 0 spiro atoms. The molecule has 0 saturated heterocycles. The zero-order chi connectivity index (χ0) is 24.4. The number of rotatable bonds is 11. The Kier molecular flexibility index (Phi) is 10.8. The van der Waals surface area contributed by atoms with E-state index in [1.807, 2.05) is 68.4 Å². The number of carbonyl (C=O) groups excluding carboxylic acids is 3. The van der Waals surface area contributed by atoms with Crippen LogP contribution in [0.2, 0.25) is 0 Å². The minimum atomic E-state index is -0.822. The van der Waals surface area contributed by atoms with Crippen LogP contribution in [-0.4, -0.2) is 35.8 Å². The summed E-state index contributed by atoms with van der Waals surface area (Å²) in [6.07, 6.45) is 0.856. The number of carbonyl (C=O) groups is 3. The van der Waals surface area contributed by atoms with Gasteiger partial charge < -0.3 is 21.7 Å². The Balaban J connectivity index is 2.04. The Morgan fingerprint density at radius 1 is 0.879 bits per heavy atom. The maximum absolute atomic E-state index is 13.0. The molecule has 0 heterocycles. The largest absolute Gasteiger partial charge is 0.350 e. The van der Waals surface area contributed by atoms with Gasteiger partial charge >= 0.3 is 0 Å². The van der Waals surface area contributed by atoms with Crippen molar-refractivity contribution in [1.82, 2.24) is 16.0 Å². The van der Waals surface area contributed by atoms with Gasteiger partial charge in [0.05, 0.1) is 6.04 Å². The summed E-state index contributed by atoms with van der Waals surface area (Å²) in [6, 6.07) is 15.0. The zero-order valence-corrected chi connectivity index (χ0v) is 21.5. The number of hydrogen-bond acceptors (Lipinski definition) is 4. The fourth-order valence-electron chi connectivity index (χ4n) is 3.30. The maximum atomic E-state index is 13.0. The van der Waals surface area contributed by atoms with Crippen molar-refractivity contribution in [1.29, 1.82) is 0 Å². The molecule has 0 bridgehead atoms. The first-order valence-corrected chi connectivity index (χ1v) is 12.2. The highest BCUT2D eigenvalue weighted by Crippen LogP contribution is 2.11. The molecule has 0 saturated carbocycles. The van der Waals surface area contributed by atoms with E-state index in [2.05, 4.69) is 38.5 Å². The molecule has 3 amide bonds. The number of amides is 3. The van der Waals surface area contributed by atoms with Gasteiger partial charge in [0.2, 0.25) is 17.7 Å². The molecule has 178 valence electrons. The predicted octanol–water partition coefficient (Wildman–Crippen LogP) is 2.51. The van der Waals surface area contributed by atoms with E-state index in [4.69, 9.17) is 5.73 Å². The van der Waals surface area contributed by atoms with E-state index in [0.29, 0.717) is 19.4 Å². The molecule has 2 rings (SSSR count). The third-order valence-corrected chi connectivity index (χ3v) is 6.19. The van der Waals surface area contributed by atoms with Crippen LogP contribution in [0.3, 0.4) is 0 Å². The maximum Gasteiger partial charge on any atom is 0.243 e. The van der Waals surface area contributed by atoms with Gasteiger partial charge in [-0.05, 0) is 59.0 Å². The molecule has 0 aliphatic heterocycles. The second-order valence-corrected chi connectivity index (χ2v) is 9.69. The summed E-state index contributed by atoms with van der Waals surface area (Å²) in [6.45, 7) is 5.90. The Labute approximate surface area is 209 Å². The van der Waals surface area contributed by atoms with Crippen molar-refractivity contribution in [3.63, 3.8) is 0 Å². The normalized spacial score (nSPS) is 13.6.